The highest BCUT2D eigenvalue weighted by Gasteiger charge is 2.32. The Bertz CT molecular complexity index is 1480. The fourth-order valence-electron chi connectivity index (χ4n) is 4.60. The number of fused-ring (bicyclic) bond motifs is 1. The van der Waals surface area contributed by atoms with E-state index in [1.54, 1.807) is 25.4 Å². The van der Waals surface area contributed by atoms with Crippen LogP contribution in [0.2, 0.25) is 0 Å². The van der Waals surface area contributed by atoms with Crippen molar-refractivity contribution >= 4 is 28.9 Å². The third-order valence-electron chi connectivity index (χ3n) is 6.60. The van der Waals surface area contributed by atoms with Gasteiger partial charge in [-0.1, -0.05) is 17.8 Å². The molecule has 1 aromatic carbocycles. The molecule has 2 unspecified atom stereocenters. The van der Waals surface area contributed by atoms with Gasteiger partial charge in [0.05, 0.1) is 17.5 Å². The van der Waals surface area contributed by atoms with Gasteiger partial charge in [-0.2, -0.15) is 0 Å². The third kappa shape index (κ3) is 3.96. The number of hydrazine groups is 1. The molecule has 0 saturated carbocycles. The summed E-state index contributed by atoms with van der Waals surface area (Å²) in [4.78, 5) is 19.9. The normalized spacial score (nSPS) is 21.1. The van der Waals surface area contributed by atoms with Gasteiger partial charge in [0.1, 0.15) is 17.6 Å². The van der Waals surface area contributed by atoms with Crippen LogP contribution in [0, 0.1) is 5.82 Å². The summed E-state index contributed by atoms with van der Waals surface area (Å²) < 4.78 is 30.9. The number of allylic oxidation sites excluding steroid dienone is 3. The van der Waals surface area contributed by atoms with Crippen LogP contribution in [0.1, 0.15) is 22.3 Å². The summed E-state index contributed by atoms with van der Waals surface area (Å²) in [5.41, 5.74) is 7.88. The maximum Gasteiger partial charge on any atom is 0.258 e. The van der Waals surface area contributed by atoms with Gasteiger partial charge in [-0.15, -0.1) is 0 Å². The van der Waals surface area contributed by atoms with Crippen LogP contribution in [-0.4, -0.2) is 57.5 Å². The summed E-state index contributed by atoms with van der Waals surface area (Å²) in [6, 6.07) is 8.56. The fourth-order valence-corrected chi connectivity index (χ4v) is 5.82. The minimum atomic E-state index is -1.02. The van der Waals surface area contributed by atoms with E-state index >= 15 is 4.39 Å². The van der Waals surface area contributed by atoms with Gasteiger partial charge in [0.25, 0.3) is 5.91 Å². The molecular formula is C26H24F2N6OS. The first-order valence-corrected chi connectivity index (χ1v) is 12.5. The first kappa shape index (κ1) is 22.8. The number of carbonyl (C=O) groups is 1. The molecule has 0 fully saturated rings. The predicted octanol–water partition coefficient (Wildman–Crippen LogP) is 4.13. The van der Waals surface area contributed by atoms with Gasteiger partial charge in [-0.25, -0.2) is 19.2 Å². The second kappa shape index (κ2) is 8.79. The summed E-state index contributed by atoms with van der Waals surface area (Å²) in [7, 11) is 3.56. The quantitative estimate of drug-likeness (QED) is 0.555. The van der Waals surface area contributed by atoms with Crippen LogP contribution in [0.3, 0.4) is 0 Å². The van der Waals surface area contributed by atoms with E-state index in [0.29, 0.717) is 5.56 Å². The lowest BCUT2D eigenvalue weighted by atomic mass is 10.1. The minimum Gasteiger partial charge on any atom is -0.356 e. The van der Waals surface area contributed by atoms with Crippen molar-refractivity contribution in [3.8, 4) is 11.3 Å². The minimum absolute atomic E-state index is 0.0211. The van der Waals surface area contributed by atoms with Crippen molar-refractivity contribution in [1.82, 2.24) is 30.0 Å². The number of thioether (sulfide) groups is 1. The molecule has 1 aliphatic carbocycles. The first-order chi connectivity index (χ1) is 17.4. The van der Waals surface area contributed by atoms with Crippen molar-refractivity contribution in [1.29, 1.82) is 0 Å². The maximum absolute atomic E-state index is 15.3. The third-order valence-corrected chi connectivity index (χ3v) is 7.93. The molecule has 2 aromatic heterocycles. The van der Waals surface area contributed by atoms with Gasteiger partial charge < -0.3 is 15.2 Å². The number of nitrogens with zero attached hydrogens (tertiary/aromatic N) is 4. The van der Waals surface area contributed by atoms with Crippen molar-refractivity contribution < 1.29 is 13.6 Å². The molecule has 36 heavy (non-hydrogen) atoms. The van der Waals surface area contributed by atoms with E-state index < -0.39 is 23.4 Å². The van der Waals surface area contributed by atoms with Gasteiger partial charge in [-0.05, 0) is 47.6 Å². The molecule has 2 aliphatic heterocycles. The topological polar surface area (TPSA) is 64.9 Å². The Balaban J connectivity index is 1.24. The second-order valence-electron chi connectivity index (χ2n) is 9.03. The van der Waals surface area contributed by atoms with Crippen LogP contribution in [0.4, 0.5) is 8.78 Å². The lowest BCUT2D eigenvalue weighted by Crippen LogP contribution is -2.41. The average Bonchev–Trinajstić information content (AvgIpc) is 3.60. The van der Waals surface area contributed by atoms with E-state index in [1.165, 1.54) is 34.9 Å². The highest BCUT2D eigenvalue weighted by atomic mass is 32.2. The Kier molecular flexibility index (Phi) is 5.57. The Morgan fingerprint density at radius 3 is 2.86 bits per heavy atom. The molecule has 184 valence electrons. The zero-order valence-electron chi connectivity index (χ0n) is 19.7. The molecule has 3 aromatic rings. The largest absolute Gasteiger partial charge is 0.356 e. The lowest BCUT2D eigenvalue weighted by Gasteiger charge is -2.25. The zero-order valence-corrected chi connectivity index (χ0v) is 20.5. The summed E-state index contributed by atoms with van der Waals surface area (Å²) >= 11 is 1.39. The highest BCUT2D eigenvalue weighted by molar-refractivity contribution is 8.03. The van der Waals surface area contributed by atoms with E-state index in [-0.39, 0.29) is 12.0 Å². The lowest BCUT2D eigenvalue weighted by molar-refractivity contribution is 0.0767. The number of imidazole rings is 1. The SMILES string of the molecule is CN1C=C(c2ccc3ncc(-c4ccc(C(=O)N(C)C5NC6=C(CC(F)C=C6)S5)c(F)c4)n3c2)CN1. The second-order valence-corrected chi connectivity index (χ2v) is 10.2. The van der Waals surface area contributed by atoms with Crippen molar-refractivity contribution in [3.63, 3.8) is 0 Å². The number of aromatic nitrogens is 2. The summed E-state index contributed by atoms with van der Waals surface area (Å²) in [5, 5.41) is 5.13. The number of hydrogen-bond acceptors (Lipinski definition) is 6. The van der Waals surface area contributed by atoms with E-state index in [9.17, 15) is 9.18 Å². The molecule has 7 nitrogen and oxygen atoms in total. The molecule has 0 radical (unpaired) electrons. The van der Waals surface area contributed by atoms with Crippen LogP contribution in [0.15, 0.2) is 71.7 Å². The smallest absolute Gasteiger partial charge is 0.258 e. The average molecular weight is 507 g/mol. The number of nitrogens with one attached hydrogen (secondary N) is 2. The van der Waals surface area contributed by atoms with E-state index in [4.69, 9.17) is 0 Å². The molecule has 4 heterocycles. The monoisotopic (exact) mass is 506 g/mol. The summed E-state index contributed by atoms with van der Waals surface area (Å²) in [6.07, 6.45) is 8.19. The fraction of sp³-hybridized carbons (Fsp3) is 0.231. The maximum atomic E-state index is 15.3. The molecule has 3 aliphatic rings. The van der Waals surface area contributed by atoms with Gasteiger partial charge in [0, 0.05) is 55.6 Å². The number of halogens is 2. The van der Waals surface area contributed by atoms with Crippen molar-refractivity contribution in [2.75, 3.05) is 20.6 Å². The van der Waals surface area contributed by atoms with Crippen LogP contribution in [0.5, 0.6) is 0 Å². The van der Waals surface area contributed by atoms with Gasteiger partial charge in [-0.3, -0.25) is 9.20 Å². The molecule has 0 bridgehead atoms. The standard InChI is InChI=1S/C26H24F2N6OS/c1-32-13-17(11-30-32)16-4-8-24-29-12-22(34(24)14-16)15-3-6-19(20(28)9-15)25(35)33(2)26-31-21-7-5-18(27)10-23(21)36-26/h3-9,12-14,18,26,30-31H,10-11H2,1-2H3. The van der Waals surface area contributed by atoms with Crippen molar-refractivity contribution in [3.05, 3.63) is 88.6 Å². The van der Waals surface area contributed by atoms with Crippen LogP contribution in [-0.2, 0) is 0 Å². The summed E-state index contributed by atoms with van der Waals surface area (Å²) in [5.74, 6) is -1.06. The van der Waals surface area contributed by atoms with Crippen LogP contribution in [0.25, 0.3) is 22.5 Å². The Morgan fingerprint density at radius 2 is 2.08 bits per heavy atom. The number of rotatable bonds is 4. The number of carbonyl (C=O) groups excluding carboxylic acids is 1. The summed E-state index contributed by atoms with van der Waals surface area (Å²) in [6.45, 7) is 0.724. The zero-order chi connectivity index (χ0) is 25.0. The van der Waals surface area contributed by atoms with Crippen molar-refractivity contribution in [2.45, 2.75) is 18.1 Å². The Morgan fingerprint density at radius 1 is 1.25 bits per heavy atom. The number of pyridine rings is 1. The van der Waals surface area contributed by atoms with Crippen LogP contribution >= 0.6 is 11.8 Å². The van der Waals surface area contributed by atoms with E-state index in [2.05, 4.69) is 15.7 Å². The van der Waals surface area contributed by atoms with Gasteiger partial charge in [0.2, 0.25) is 0 Å². The van der Waals surface area contributed by atoms with E-state index in [0.717, 1.165) is 39.6 Å². The molecule has 6 rings (SSSR count). The predicted molar refractivity (Wildman–Crippen MR) is 137 cm³/mol. The Hall–Kier alpha value is -3.63. The Labute approximate surface area is 211 Å². The molecule has 2 N–H and O–H groups in total. The molecule has 10 heteroatoms. The van der Waals surface area contributed by atoms with Crippen molar-refractivity contribution in [2.24, 2.45) is 0 Å². The number of benzene rings is 1. The number of alkyl halides is 1. The van der Waals surface area contributed by atoms with Gasteiger partial charge >= 0.3 is 0 Å². The van der Waals surface area contributed by atoms with Gasteiger partial charge in [0.15, 0.2) is 5.50 Å². The van der Waals surface area contributed by atoms with E-state index in [1.807, 2.05) is 41.0 Å². The number of hydrogen-bond donors (Lipinski definition) is 2. The molecule has 0 spiro atoms. The van der Waals surface area contributed by atoms with Crippen LogP contribution < -0.4 is 10.7 Å². The number of amides is 1. The molecule has 0 saturated heterocycles. The highest BCUT2D eigenvalue weighted by Crippen LogP contribution is 2.39. The first-order valence-electron chi connectivity index (χ1n) is 11.6. The molecule has 2 atom stereocenters. The molecular weight excluding hydrogens is 482 g/mol. The molecule has 1 amide bonds.